The minimum atomic E-state index is 0. The summed E-state index contributed by atoms with van der Waals surface area (Å²) in [6.07, 6.45) is 4.42. The van der Waals surface area contributed by atoms with Crippen molar-refractivity contribution in [2.24, 2.45) is 0 Å². The number of nitrogens with one attached hydrogen (secondary N) is 1. The molecule has 0 bridgehead atoms. The predicted molar refractivity (Wildman–Crippen MR) is 79.4 cm³/mol. The van der Waals surface area contributed by atoms with Crippen molar-refractivity contribution in [2.75, 3.05) is 17.8 Å². The molecule has 19 heavy (non-hydrogen) atoms. The summed E-state index contributed by atoms with van der Waals surface area (Å²) in [6, 6.07) is 15.8. The predicted octanol–water partition coefficient (Wildman–Crippen LogP) is 0.245. The van der Waals surface area contributed by atoms with Crippen molar-refractivity contribution in [3.63, 3.8) is 0 Å². The maximum atomic E-state index is 9.73. The van der Waals surface area contributed by atoms with Crippen LogP contribution in [0.2, 0.25) is 0 Å². The molecule has 0 spiro atoms. The highest BCUT2D eigenvalue weighted by Crippen LogP contribution is 2.23. The first-order valence-corrected chi connectivity index (χ1v) is 7.90. The number of aromatic hydroxyl groups is 1. The largest absolute Gasteiger partial charge is 1.00 e. The summed E-state index contributed by atoms with van der Waals surface area (Å²) in [5.74, 6) is 0.342. The molecule has 2 aromatic carbocycles. The van der Waals surface area contributed by atoms with Gasteiger partial charge in [0.25, 0.3) is 0 Å². The van der Waals surface area contributed by atoms with Crippen LogP contribution in [0.4, 0.5) is 5.69 Å². The van der Waals surface area contributed by atoms with E-state index in [1.165, 1.54) is 4.90 Å². The SMILES string of the molecule is C[S+](C)c1ccccc1NCc1ccccc1O.[I-]. The lowest BCUT2D eigenvalue weighted by Gasteiger charge is -2.10. The van der Waals surface area contributed by atoms with Crippen molar-refractivity contribution < 1.29 is 29.1 Å². The zero-order valence-corrected chi connectivity index (χ0v) is 14.0. The van der Waals surface area contributed by atoms with Gasteiger partial charge in [-0.05, 0) is 18.2 Å². The van der Waals surface area contributed by atoms with Crippen LogP contribution in [-0.4, -0.2) is 17.6 Å². The number of phenolic OH excluding ortho intramolecular Hbond substituents is 1. The number of halogens is 1. The van der Waals surface area contributed by atoms with Gasteiger partial charge in [-0.3, -0.25) is 0 Å². The first kappa shape index (κ1) is 16.2. The summed E-state index contributed by atoms with van der Waals surface area (Å²) < 4.78 is 0. The molecule has 2 N–H and O–H groups in total. The van der Waals surface area contributed by atoms with Crippen LogP contribution < -0.4 is 29.3 Å². The van der Waals surface area contributed by atoms with E-state index in [1.807, 2.05) is 24.3 Å². The van der Waals surface area contributed by atoms with Gasteiger partial charge in [-0.15, -0.1) is 0 Å². The van der Waals surface area contributed by atoms with Crippen LogP contribution in [0.5, 0.6) is 5.75 Å². The fourth-order valence-electron chi connectivity index (χ4n) is 1.82. The minimum Gasteiger partial charge on any atom is -1.00 e. The third-order valence-corrected chi connectivity index (χ3v) is 4.02. The molecule has 0 aliphatic carbocycles. The summed E-state index contributed by atoms with van der Waals surface area (Å²) in [4.78, 5) is 1.33. The van der Waals surface area contributed by atoms with Crippen molar-refractivity contribution >= 4 is 16.6 Å². The van der Waals surface area contributed by atoms with E-state index in [0.29, 0.717) is 12.3 Å². The molecule has 0 saturated heterocycles. The molecular formula is C15H18INOS. The van der Waals surface area contributed by atoms with Gasteiger partial charge in [0.2, 0.25) is 0 Å². The molecule has 0 radical (unpaired) electrons. The third kappa shape index (κ3) is 4.31. The van der Waals surface area contributed by atoms with Crippen molar-refractivity contribution in [3.05, 3.63) is 54.1 Å². The van der Waals surface area contributed by atoms with Gasteiger partial charge < -0.3 is 34.4 Å². The van der Waals surface area contributed by atoms with Gasteiger partial charge in [-0.2, -0.15) is 0 Å². The van der Waals surface area contributed by atoms with Crippen molar-refractivity contribution in [1.82, 2.24) is 0 Å². The smallest absolute Gasteiger partial charge is 0.177 e. The number of para-hydroxylation sites is 2. The van der Waals surface area contributed by atoms with E-state index in [1.54, 1.807) is 6.07 Å². The molecule has 0 aliphatic heterocycles. The first-order chi connectivity index (χ1) is 8.68. The van der Waals surface area contributed by atoms with E-state index in [9.17, 15) is 5.11 Å². The topological polar surface area (TPSA) is 32.3 Å². The molecule has 2 nitrogen and oxygen atoms in total. The zero-order chi connectivity index (χ0) is 13.0. The van der Waals surface area contributed by atoms with Crippen LogP contribution in [0.3, 0.4) is 0 Å². The van der Waals surface area contributed by atoms with E-state index in [2.05, 4.69) is 36.0 Å². The molecule has 2 aromatic rings. The van der Waals surface area contributed by atoms with Crippen molar-refractivity contribution in [1.29, 1.82) is 0 Å². The molecule has 4 heteroatoms. The van der Waals surface area contributed by atoms with Crippen LogP contribution in [0.1, 0.15) is 5.56 Å². The molecule has 0 atom stereocenters. The highest BCUT2D eigenvalue weighted by Gasteiger charge is 2.13. The summed E-state index contributed by atoms with van der Waals surface area (Å²) in [5.41, 5.74) is 2.06. The fraction of sp³-hybridized carbons (Fsp3) is 0.200. The average Bonchev–Trinajstić information content (AvgIpc) is 2.38. The number of benzene rings is 2. The lowest BCUT2D eigenvalue weighted by molar-refractivity contribution is -0.00000474. The van der Waals surface area contributed by atoms with Crippen molar-refractivity contribution in [3.8, 4) is 5.75 Å². The Morgan fingerprint density at radius 1 is 1.00 bits per heavy atom. The number of hydrogen-bond donors (Lipinski definition) is 2. The molecular weight excluding hydrogens is 369 g/mol. The molecule has 0 amide bonds. The Kier molecular flexibility index (Phi) is 6.51. The van der Waals surface area contributed by atoms with E-state index >= 15 is 0 Å². The monoisotopic (exact) mass is 387 g/mol. The van der Waals surface area contributed by atoms with E-state index < -0.39 is 0 Å². The Morgan fingerprint density at radius 2 is 1.63 bits per heavy atom. The Hall–Kier alpha value is -0.880. The van der Waals surface area contributed by atoms with E-state index in [4.69, 9.17) is 0 Å². The molecule has 0 aromatic heterocycles. The second-order valence-corrected chi connectivity index (χ2v) is 6.37. The first-order valence-electron chi connectivity index (χ1n) is 5.86. The Morgan fingerprint density at radius 3 is 2.32 bits per heavy atom. The highest BCUT2D eigenvalue weighted by atomic mass is 127. The number of hydrogen-bond acceptors (Lipinski definition) is 2. The molecule has 0 saturated carbocycles. The van der Waals surface area contributed by atoms with Crippen LogP contribution in [0.25, 0.3) is 0 Å². The molecule has 0 unspecified atom stereocenters. The lowest BCUT2D eigenvalue weighted by atomic mass is 10.2. The minimum absolute atomic E-state index is 0. The van der Waals surface area contributed by atoms with Gasteiger partial charge in [0.05, 0.1) is 5.69 Å². The number of phenols is 1. The Balaban J connectivity index is 0.00000180. The standard InChI is InChI=1S/C15H17NOS.HI/c1-18(2)15-10-6-4-8-13(15)16-11-12-7-3-5-9-14(12)17;/h3-10,16H,11H2,1-2H3;1H. The summed E-state index contributed by atoms with van der Waals surface area (Å²) >= 11 is 0. The number of rotatable bonds is 4. The quantitative estimate of drug-likeness (QED) is 0.582. The second kappa shape index (κ2) is 7.65. The molecule has 0 fully saturated rings. The third-order valence-electron chi connectivity index (χ3n) is 2.79. The molecule has 2 rings (SSSR count). The summed E-state index contributed by atoms with van der Waals surface area (Å²) in [6.45, 7) is 0.640. The van der Waals surface area contributed by atoms with Gasteiger partial charge in [-0.1, -0.05) is 30.3 Å². The average molecular weight is 387 g/mol. The van der Waals surface area contributed by atoms with Crippen LogP contribution in [0, 0.1) is 0 Å². The lowest BCUT2D eigenvalue weighted by Crippen LogP contribution is -3.00. The van der Waals surface area contributed by atoms with Crippen LogP contribution in [0.15, 0.2) is 53.4 Å². The van der Waals surface area contributed by atoms with Crippen LogP contribution >= 0.6 is 0 Å². The molecule has 0 heterocycles. The molecule has 0 aliphatic rings. The van der Waals surface area contributed by atoms with Gasteiger partial charge in [0.15, 0.2) is 4.90 Å². The second-order valence-electron chi connectivity index (χ2n) is 4.29. The van der Waals surface area contributed by atoms with Gasteiger partial charge in [0.1, 0.15) is 18.3 Å². The fourth-order valence-corrected chi connectivity index (χ4v) is 2.75. The molecule has 102 valence electrons. The van der Waals surface area contributed by atoms with Gasteiger partial charge in [0, 0.05) is 23.0 Å². The Labute approximate surface area is 134 Å². The zero-order valence-electron chi connectivity index (χ0n) is 11.1. The maximum absolute atomic E-state index is 9.73. The van der Waals surface area contributed by atoms with Crippen LogP contribution in [-0.2, 0) is 17.4 Å². The normalized spacial score (nSPS) is 10.1. The summed E-state index contributed by atoms with van der Waals surface area (Å²) in [7, 11) is 0.221. The Bertz CT molecular complexity index is 531. The van der Waals surface area contributed by atoms with Gasteiger partial charge >= 0.3 is 0 Å². The summed E-state index contributed by atoms with van der Waals surface area (Å²) in [5, 5.41) is 13.1. The van der Waals surface area contributed by atoms with E-state index in [-0.39, 0.29) is 34.9 Å². The highest BCUT2D eigenvalue weighted by molar-refractivity contribution is 7.95. The number of anilines is 1. The maximum Gasteiger partial charge on any atom is 0.177 e. The van der Waals surface area contributed by atoms with Crippen molar-refractivity contribution in [2.45, 2.75) is 11.4 Å². The van der Waals surface area contributed by atoms with Gasteiger partial charge in [-0.25, -0.2) is 0 Å². The van der Waals surface area contributed by atoms with E-state index in [0.717, 1.165) is 11.3 Å².